The Bertz CT molecular complexity index is 1090. The Morgan fingerprint density at radius 3 is 2.33 bits per heavy atom. The van der Waals surface area contributed by atoms with Crippen LogP contribution in [0.15, 0.2) is 33.5 Å². The van der Waals surface area contributed by atoms with Crippen LogP contribution in [-0.2, 0) is 9.59 Å². The zero-order valence-corrected chi connectivity index (χ0v) is 16.6. The fraction of sp³-hybridized carbons (Fsp3) is 0.455. The summed E-state index contributed by atoms with van der Waals surface area (Å²) in [6.45, 7) is 0. The molecule has 8 nitrogen and oxygen atoms in total. The van der Waals surface area contributed by atoms with E-state index in [9.17, 15) is 19.2 Å². The van der Waals surface area contributed by atoms with E-state index in [2.05, 4.69) is 0 Å². The lowest BCUT2D eigenvalue weighted by atomic mass is 9.95. The molecule has 3 fully saturated rings. The minimum atomic E-state index is -0.691. The lowest BCUT2D eigenvalue weighted by Gasteiger charge is -2.41. The van der Waals surface area contributed by atoms with Crippen molar-refractivity contribution in [2.24, 2.45) is 0 Å². The summed E-state index contributed by atoms with van der Waals surface area (Å²) in [6, 6.07) is 6.44. The summed E-state index contributed by atoms with van der Waals surface area (Å²) < 4.78 is 10.7. The van der Waals surface area contributed by atoms with E-state index in [1.54, 1.807) is 29.2 Å². The van der Waals surface area contributed by atoms with Gasteiger partial charge in [0.05, 0.1) is 7.11 Å². The van der Waals surface area contributed by atoms with E-state index in [1.807, 2.05) is 0 Å². The Kier molecular flexibility index (Phi) is 4.38. The van der Waals surface area contributed by atoms with Gasteiger partial charge in [-0.15, -0.1) is 0 Å². The maximum atomic E-state index is 13.3. The van der Waals surface area contributed by atoms with Crippen LogP contribution >= 0.6 is 0 Å². The van der Waals surface area contributed by atoms with Crippen molar-refractivity contribution in [3.63, 3.8) is 0 Å². The van der Waals surface area contributed by atoms with Crippen molar-refractivity contribution in [3.05, 3.63) is 40.2 Å². The van der Waals surface area contributed by atoms with Crippen molar-refractivity contribution >= 4 is 28.7 Å². The molecular formula is C22H22N2O6. The molecule has 3 aliphatic rings. The molecule has 0 saturated carbocycles. The van der Waals surface area contributed by atoms with E-state index in [-0.39, 0.29) is 54.3 Å². The van der Waals surface area contributed by atoms with E-state index < -0.39 is 5.63 Å². The van der Waals surface area contributed by atoms with Crippen LogP contribution in [0.3, 0.4) is 0 Å². The second-order valence-electron chi connectivity index (χ2n) is 8.21. The molecule has 3 aliphatic heterocycles. The summed E-state index contributed by atoms with van der Waals surface area (Å²) in [5.74, 6) is -0.149. The number of imide groups is 1. The second kappa shape index (κ2) is 6.97. The van der Waals surface area contributed by atoms with Gasteiger partial charge in [0.1, 0.15) is 5.56 Å². The average molecular weight is 410 g/mol. The van der Waals surface area contributed by atoms with Crippen LogP contribution in [0.2, 0.25) is 0 Å². The Morgan fingerprint density at radius 2 is 1.70 bits per heavy atom. The van der Waals surface area contributed by atoms with Gasteiger partial charge in [-0.3, -0.25) is 19.3 Å². The molecule has 4 heterocycles. The van der Waals surface area contributed by atoms with Crippen molar-refractivity contribution in [3.8, 4) is 5.75 Å². The highest BCUT2D eigenvalue weighted by molar-refractivity contribution is 6.02. The normalized spacial score (nSPS) is 26.0. The van der Waals surface area contributed by atoms with Gasteiger partial charge in [0.15, 0.2) is 11.3 Å². The number of carbonyl (C=O) groups is 3. The minimum Gasteiger partial charge on any atom is -0.493 e. The molecule has 1 aromatic carbocycles. The number of ether oxygens (including phenoxy) is 1. The zero-order chi connectivity index (χ0) is 21.0. The number of methoxy groups -OCH3 is 1. The summed E-state index contributed by atoms with van der Waals surface area (Å²) in [4.78, 5) is 53.4. The monoisotopic (exact) mass is 410 g/mol. The van der Waals surface area contributed by atoms with Gasteiger partial charge >= 0.3 is 5.63 Å². The number of fused-ring (bicyclic) bond motifs is 3. The van der Waals surface area contributed by atoms with Gasteiger partial charge in [0.25, 0.3) is 5.91 Å². The third-order valence-corrected chi connectivity index (χ3v) is 6.57. The van der Waals surface area contributed by atoms with E-state index in [1.165, 1.54) is 12.0 Å². The highest BCUT2D eigenvalue weighted by Gasteiger charge is 2.48. The van der Waals surface area contributed by atoms with Gasteiger partial charge in [-0.2, -0.15) is 0 Å². The molecule has 30 heavy (non-hydrogen) atoms. The molecule has 2 aromatic rings. The lowest BCUT2D eigenvalue weighted by Crippen LogP contribution is -2.54. The van der Waals surface area contributed by atoms with Crippen LogP contribution in [0.5, 0.6) is 5.75 Å². The number of para-hydroxylation sites is 1. The fourth-order valence-corrected chi connectivity index (χ4v) is 5.26. The zero-order valence-electron chi connectivity index (χ0n) is 16.6. The van der Waals surface area contributed by atoms with Crippen LogP contribution in [0.25, 0.3) is 11.0 Å². The Hall–Kier alpha value is -3.16. The molecule has 0 radical (unpaired) electrons. The first-order chi connectivity index (χ1) is 14.5. The third-order valence-electron chi connectivity index (χ3n) is 6.57. The third kappa shape index (κ3) is 2.81. The number of rotatable bonds is 3. The largest absolute Gasteiger partial charge is 0.493 e. The summed E-state index contributed by atoms with van der Waals surface area (Å²) >= 11 is 0. The van der Waals surface area contributed by atoms with Crippen molar-refractivity contribution in [2.45, 2.75) is 56.7 Å². The van der Waals surface area contributed by atoms with E-state index in [0.29, 0.717) is 29.6 Å². The smallest absolute Gasteiger partial charge is 0.349 e. The molecule has 8 heteroatoms. The predicted molar refractivity (Wildman–Crippen MR) is 106 cm³/mol. The summed E-state index contributed by atoms with van der Waals surface area (Å²) in [5, 5.41) is 0.618. The van der Waals surface area contributed by atoms with Gasteiger partial charge in [-0.1, -0.05) is 12.1 Å². The van der Waals surface area contributed by atoms with Crippen LogP contribution < -0.4 is 10.4 Å². The van der Waals surface area contributed by atoms with Gasteiger partial charge in [0, 0.05) is 36.4 Å². The highest BCUT2D eigenvalue weighted by Crippen LogP contribution is 2.39. The van der Waals surface area contributed by atoms with Gasteiger partial charge in [-0.05, 0) is 37.8 Å². The molecule has 0 N–H and O–H groups in total. The number of benzene rings is 1. The van der Waals surface area contributed by atoms with Crippen LogP contribution in [0.4, 0.5) is 0 Å². The molecule has 5 rings (SSSR count). The quantitative estimate of drug-likeness (QED) is 0.568. The van der Waals surface area contributed by atoms with Crippen LogP contribution in [-0.4, -0.2) is 52.8 Å². The van der Waals surface area contributed by atoms with Gasteiger partial charge in [0.2, 0.25) is 11.8 Å². The molecule has 2 bridgehead atoms. The fourth-order valence-electron chi connectivity index (χ4n) is 5.26. The first-order valence-corrected chi connectivity index (χ1v) is 10.3. The van der Waals surface area contributed by atoms with Crippen LogP contribution in [0.1, 0.15) is 48.9 Å². The number of carbonyl (C=O) groups excluding carboxylic acids is 3. The molecule has 3 amide bonds. The molecule has 2 unspecified atom stereocenters. The van der Waals surface area contributed by atoms with Gasteiger partial charge < -0.3 is 14.1 Å². The highest BCUT2D eigenvalue weighted by atomic mass is 16.5. The topological polar surface area (TPSA) is 97.1 Å². The van der Waals surface area contributed by atoms with E-state index >= 15 is 0 Å². The van der Waals surface area contributed by atoms with Crippen molar-refractivity contribution in [2.75, 3.05) is 7.11 Å². The van der Waals surface area contributed by atoms with Crippen molar-refractivity contribution in [1.82, 2.24) is 9.80 Å². The van der Waals surface area contributed by atoms with E-state index in [4.69, 9.17) is 9.15 Å². The maximum Gasteiger partial charge on any atom is 0.349 e. The molecule has 2 atom stereocenters. The summed E-state index contributed by atoms with van der Waals surface area (Å²) in [5.41, 5.74) is -0.378. The number of hydrogen-bond acceptors (Lipinski definition) is 6. The Labute approximate surface area is 172 Å². The Balaban J connectivity index is 1.44. The predicted octanol–water partition coefficient (Wildman–Crippen LogP) is 2.09. The molecule has 0 spiro atoms. The lowest BCUT2D eigenvalue weighted by molar-refractivity contribution is -0.142. The molecular weight excluding hydrogens is 388 g/mol. The molecule has 3 saturated heterocycles. The van der Waals surface area contributed by atoms with Crippen molar-refractivity contribution < 1.29 is 23.5 Å². The summed E-state index contributed by atoms with van der Waals surface area (Å²) in [7, 11) is 1.49. The first-order valence-electron chi connectivity index (χ1n) is 10.3. The van der Waals surface area contributed by atoms with Crippen molar-refractivity contribution in [1.29, 1.82) is 0 Å². The second-order valence-corrected chi connectivity index (χ2v) is 8.21. The number of hydrogen-bond donors (Lipinski definition) is 0. The molecule has 156 valence electrons. The first kappa shape index (κ1) is 18.8. The van der Waals surface area contributed by atoms with Crippen LogP contribution in [0, 0.1) is 0 Å². The summed E-state index contributed by atoms with van der Waals surface area (Å²) in [6.07, 6.45) is 3.27. The standard InChI is InChI=1S/C22H22N2O6/c1-29-17-4-2-3-12-9-16(22(28)30-20(12)17)21(27)23-13-5-6-14(23)11-15(10-13)24-18(25)7-8-19(24)26/h2-4,9,13-15H,5-8,10-11H2,1H3. The Morgan fingerprint density at radius 1 is 1.03 bits per heavy atom. The molecule has 1 aromatic heterocycles. The average Bonchev–Trinajstić information content (AvgIpc) is 3.21. The number of piperidine rings is 1. The molecule has 0 aliphatic carbocycles. The SMILES string of the molecule is COc1cccc2cc(C(=O)N3C4CCC3CC(N3C(=O)CCC3=O)C4)c(=O)oc12. The van der Waals surface area contributed by atoms with E-state index in [0.717, 1.165) is 12.8 Å². The maximum absolute atomic E-state index is 13.3. The number of likely N-dealkylation sites (tertiary alicyclic amines) is 1. The number of amides is 3. The number of nitrogens with zero attached hydrogens (tertiary/aromatic N) is 2. The minimum absolute atomic E-state index is 0.000529. The van der Waals surface area contributed by atoms with Gasteiger partial charge in [-0.25, -0.2) is 4.79 Å².